The van der Waals surface area contributed by atoms with Crippen LogP contribution in [0.4, 0.5) is 14.9 Å². The van der Waals surface area contributed by atoms with Gasteiger partial charge in [-0.15, -0.1) is 0 Å². The fourth-order valence-corrected chi connectivity index (χ4v) is 2.63. The first-order valence-corrected chi connectivity index (χ1v) is 6.97. The van der Waals surface area contributed by atoms with E-state index in [0.717, 1.165) is 19.3 Å². The fourth-order valence-electron chi connectivity index (χ4n) is 2.46. The maximum Gasteiger partial charge on any atom is 0.319 e. The van der Waals surface area contributed by atoms with Crippen LogP contribution in [0.3, 0.4) is 0 Å². The number of hydrogen-bond donors (Lipinski definition) is 2. The van der Waals surface area contributed by atoms with E-state index in [1.54, 1.807) is 6.07 Å². The lowest BCUT2D eigenvalue weighted by atomic mass is 9.86. The van der Waals surface area contributed by atoms with Gasteiger partial charge in [-0.3, -0.25) is 0 Å². The van der Waals surface area contributed by atoms with E-state index in [2.05, 4.69) is 17.6 Å². The molecule has 1 saturated carbocycles. The Morgan fingerprint density at radius 2 is 2.11 bits per heavy atom. The monoisotopic (exact) mass is 284 g/mol. The summed E-state index contributed by atoms with van der Waals surface area (Å²) in [5.41, 5.74) is 0.105. The van der Waals surface area contributed by atoms with Crippen molar-refractivity contribution in [3.63, 3.8) is 0 Å². The quantitative estimate of drug-likeness (QED) is 0.840. The molecule has 104 valence electrons. The zero-order valence-corrected chi connectivity index (χ0v) is 11.6. The van der Waals surface area contributed by atoms with Crippen molar-refractivity contribution in [2.75, 3.05) is 5.32 Å². The molecule has 0 aliphatic heterocycles. The number of halogens is 2. The van der Waals surface area contributed by atoms with Crippen LogP contribution in [0, 0.1) is 11.7 Å². The van der Waals surface area contributed by atoms with Gasteiger partial charge in [-0.1, -0.05) is 37.4 Å². The van der Waals surface area contributed by atoms with Crippen LogP contribution in [0.25, 0.3) is 0 Å². The van der Waals surface area contributed by atoms with E-state index < -0.39 is 5.82 Å². The number of hydrogen-bond acceptors (Lipinski definition) is 1. The Morgan fingerprint density at radius 1 is 1.37 bits per heavy atom. The highest BCUT2D eigenvalue weighted by Crippen LogP contribution is 2.24. The normalized spacial score (nSPS) is 22.9. The molecule has 1 aromatic rings. The van der Waals surface area contributed by atoms with Gasteiger partial charge in [-0.2, -0.15) is 0 Å². The van der Waals surface area contributed by atoms with Crippen molar-refractivity contribution in [1.29, 1.82) is 0 Å². The second-order valence-corrected chi connectivity index (χ2v) is 5.48. The lowest BCUT2D eigenvalue weighted by molar-refractivity contribution is 0.232. The van der Waals surface area contributed by atoms with Crippen LogP contribution in [0.15, 0.2) is 18.2 Å². The molecular formula is C14H18ClFN2O. The molecule has 0 radical (unpaired) electrons. The Labute approximate surface area is 117 Å². The molecule has 2 rings (SSSR count). The molecule has 0 saturated heterocycles. The summed E-state index contributed by atoms with van der Waals surface area (Å²) >= 11 is 5.67. The standard InChI is InChI=1S/C14H18ClFN2O/c1-9-5-2-3-7-11(9)17-14(19)18-12-8-4-6-10(15)13(12)16/h4,6,8-9,11H,2-3,5,7H2,1H3,(H2,17,18,19). The second-order valence-electron chi connectivity index (χ2n) is 5.07. The third-order valence-electron chi connectivity index (χ3n) is 3.63. The summed E-state index contributed by atoms with van der Waals surface area (Å²) in [6, 6.07) is 4.33. The van der Waals surface area contributed by atoms with Crippen LogP contribution >= 0.6 is 11.6 Å². The summed E-state index contributed by atoms with van der Waals surface area (Å²) in [5.74, 6) is -0.139. The van der Waals surface area contributed by atoms with Crippen LogP contribution in [-0.2, 0) is 0 Å². The van der Waals surface area contributed by atoms with Gasteiger partial charge in [0.15, 0.2) is 5.82 Å². The summed E-state index contributed by atoms with van der Waals surface area (Å²) in [6.45, 7) is 2.13. The molecule has 1 aliphatic rings. The van der Waals surface area contributed by atoms with Crippen molar-refractivity contribution in [1.82, 2.24) is 5.32 Å². The van der Waals surface area contributed by atoms with Crippen molar-refractivity contribution in [3.05, 3.63) is 29.0 Å². The Hall–Kier alpha value is -1.29. The Morgan fingerprint density at radius 3 is 2.84 bits per heavy atom. The molecule has 2 N–H and O–H groups in total. The first kappa shape index (κ1) is 14.1. The molecule has 0 bridgehead atoms. The molecule has 1 fully saturated rings. The van der Waals surface area contributed by atoms with Gasteiger partial charge in [-0.05, 0) is 30.9 Å². The van der Waals surface area contributed by atoms with Crippen LogP contribution in [0.1, 0.15) is 32.6 Å². The number of benzene rings is 1. The first-order valence-electron chi connectivity index (χ1n) is 6.59. The van der Waals surface area contributed by atoms with Crippen molar-refractivity contribution < 1.29 is 9.18 Å². The number of carbonyl (C=O) groups is 1. The summed E-state index contributed by atoms with van der Waals surface area (Å²) < 4.78 is 13.6. The second kappa shape index (κ2) is 6.24. The van der Waals surface area contributed by atoms with Gasteiger partial charge in [0.25, 0.3) is 0 Å². The van der Waals surface area contributed by atoms with Crippen LogP contribution in [-0.4, -0.2) is 12.1 Å². The molecule has 0 heterocycles. The van der Waals surface area contributed by atoms with Gasteiger partial charge < -0.3 is 10.6 Å². The summed E-state index contributed by atoms with van der Waals surface area (Å²) in [4.78, 5) is 11.9. The minimum absolute atomic E-state index is 0.00355. The number of rotatable bonds is 2. The topological polar surface area (TPSA) is 41.1 Å². The average molecular weight is 285 g/mol. The van der Waals surface area contributed by atoms with Crippen LogP contribution in [0.2, 0.25) is 5.02 Å². The van der Waals surface area contributed by atoms with Crippen molar-refractivity contribution in [3.8, 4) is 0 Å². The van der Waals surface area contributed by atoms with Crippen LogP contribution < -0.4 is 10.6 Å². The zero-order valence-electron chi connectivity index (χ0n) is 10.9. The van der Waals surface area contributed by atoms with Gasteiger partial charge in [0.2, 0.25) is 0 Å². The zero-order chi connectivity index (χ0) is 13.8. The Kier molecular flexibility index (Phi) is 4.64. The van der Waals surface area contributed by atoms with E-state index in [1.165, 1.54) is 18.6 Å². The Bertz CT molecular complexity index is 467. The van der Waals surface area contributed by atoms with Gasteiger partial charge in [0.05, 0.1) is 10.7 Å². The highest BCUT2D eigenvalue weighted by Gasteiger charge is 2.23. The van der Waals surface area contributed by atoms with E-state index in [4.69, 9.17) is 11.6 Å². The van der Waals surface area contributed by atoms with Crippen molar-refractivity contribution in [2.24, 2.45) is 5.92 Å². The number of amides is 2. The SMILES string of the molecule is CC1CCCCC1NC(=O)Nc1cccc(Cl)c1F. The van der Waals surface area contributed by atoms with E-state index in [9.17, 15) is 9.18 Å². The highest BCUT2D eigenvalue weighted by molar-refractivity contribution is 6.31. The molecule has 2 unspecified atom stereocenters. The summed E-state index contributed by atoms with van der Waals surface area (Å²) in [7, 11) is 0. The third kappa shape index (κ3) is 3.60. The van der Waals surface area contributed by atoms with Crippen molar-refractivity contribution in [2.45, 2.75) is 38.6 Å². The van der Waals surface area contributed by atoms with Crippen molar-refractivity contribution >= 4 is 23.3 Å². The van der Waals surface area contributed by atoms with E-state index in [0.29, 0.717) is 5.92 Å². The minimum Gasteiger partial charge on any atom is -0.335 e. The molecule has 2 amide bonds. The summed E-state index contributed by atoms with van der Waals surface area (Å²) in [6.07, 6.45) is 4.44. The van der Waals surface area contributed by atoms with Gasteiger partial charge in [0.1, 0.15) is 0 Å². The lowest BCUT2D eigenvalue weighted by Gasteiger charge is -2.29. The smallest absolute Gasteiger partial charge is 0.319 e. The van der Waals surface area contributed by atoms with E-state index in [1.807, 2.05) is 0 Å². The molecule has 1 aromatic carbocycles. The number of urea groups is 1. The maximum atomic E-state index is 13.6. The third-order valence-corrected chi connectivity index (χ3v) is 3.92. The lowest BCUT2D eigenvalue weighted by Crippen LogP contribution is -2.43. The van der Waals surface area contributed by atoms with E-state index in [-0.39, 0.29) is 22.8 Å². The molecule has 2 atom stereocenters. The Balaban J connectivity index is 1.95. The van der Waals surface area contributed by atoms with Gasteiger partial charge >= 0.3 is 6.03 Å². The molecule has 0 spiro atoms. The minimum atomic E-state index is -0.601. The molecule has 19 heavy (non-hydrogen) atoms. The van der Waals surface area contributed by atoms with Crippen LogP contribution in [0.5, 0.6) is 0 Å². The van der Waals surface area contributed by atoms with Gasteiger partial charge in [-0.25, -0.2) is 9.18 Å². The maximum absolute atomic E-state index is 13.6. The van der Waals surface area contributed by atoms with E-state index >= 15 is 0 Å². The number of anilines is 1. The molecule has 1 aliphatic carbocycles. The number of nitrogens with one attached hydrogen (secondary N) is 2. The predicted molar refractivity (Wildman–Crippen MR) is 75.0 cm³/mol. The molecule has 0 aromatic heterocycles. The molecule has 5 heteroatoms. The predicted octanol–water partition coefficient (Wildman–Crippen LogP) is 4.18. The average Bonchev–Trinajstić information content (AvgIpc) is 2.38. The summed E-state index contributed by atoms with van der Waals surface area (Å²) in [5, 5.41) is 5.42. The fraction of sp³-hybridized carbons (Fsp3) is 0.500. The molecular weight excluding hydrogens is 267 g/mol. The largest absolute Gasteiger partial charge is 0.335 e. The molecule has 3 nitrogen and oxygen atoms in total. The highest BCUT2D eigenvalue weighted by atomic mass is 35.5. The first-order chi connectivity index (χ1) is 9.08. The number of carbonyl (C=O) groups excluding carboxylic acids is 1. The van der Waals surface area contributed by atoms with Gasteiger partial charge in [0, 0.05) is 6.04 Å².